The van der Waals surface area contributed by atoms with Crippen molar-refractivity contribution in [3.05, 3.63) is 0 Å². The van der Waals surface area contributed by atoms with E-state index in [0.29, 0.717) is 22.9 Å². The molecule has 0 aromatic carbocycles. The minimum atomic E-state index is -1.12. The van der Waals surface area contributed by atoms with Gasteiger partial charge in [0.05, 0.1) is 0 Å². The molecule has 0 aliphatic carbocycles. The van der Waals surface area contributed by atoms with Gasteiger partial charge in [-0.2, -0.15) is 0 Å². The first-order valence-corrected chi connectivity index (χ1v) is 10.5. The van der Waals surface area contributed by atoms with E-state index in [1.165, 1.54) is 25.7 Å². The first kappa shape index (κ1) is 13.5. The van der Waals surface area contributed by atoms with Gasteiger partial charge in [0.1, 0.15) is 0 Å². The number of hydrogen-bond acceptors (Lipinski definition) is 2. The van der Waals surface area contributed by atoms with Crippen molar-refractivity contribution in [2.75, 3.05) is 6.61 Å². The van der Waals surface area contributed by atoms with Gasteiger partial charge < -0.3 is 0 Å². The zero-order valence-electron chi connectivity index (χ0n) is 8.64. The topological polar surface area (TPSA) is 18.5 Å². The minimum absolute atomic E-state index is 0.421. The third-order valence-corrected chi connectivity index (χ3v) is 8.43. The fourth-order valence-corrected chi connectivity index (χ4v) is 6.09. The van der Waals surface area contributed by atoms with Crippen LogP contribution < -0.4 is 0 Å². The van der Waals surface area contributed by atoms with Crippen LogP contribution in [-0.2, 0) is 4.49 Å². The van der Waals surface area contributed by atoms with E-state index < -0.39 is 22.0 Å². The van der Waals surface area contributed by atoms with Crippen LogP contribution in [-0.4, -0.2) is 51.5 Å². The molecule has 1 atom stereocenters. The zero-order chi connectivity index (χ0) is 9.23. The van der Waals surface area contributed by atoms with Crippen molar-refractivity contribution in [2.45, 2.75) is 39.5 Å². The third kappa shape index (κ3) is 8.13. The van der Waals surface area contributed by atoms with Crippen LogP contribution in [0.25, 0.3) is 0 Å². The molecule has 0 N–H and O–H groups in total. The Morgan fingerprint density at radius 3 is 2.67 bits per heavy atom. The van der Waals surface area contributed by atoms with Gasteiger partial charge in [0.25, 0.3) is 0 Å². The van der Waals surface area contributed by atoms with E-state index in [-0.39, 0.29) is 0 Å². The molecule has 0 aliphatic rings. The van der Waals surface area contributed by atoms with Crippen molar-refractivity contribution >= 4 is 44.9 Å². The Morgan fingerprint density at radius 1 is 1.42 bits per heavy atom. The number of hydrogen-bond donors (Lipinski definition) is 0. The fourth-order valence-electron chi connectivity index (χ4n) is 1.20. The van der Waals surface area contributed by atoms with Crippen LogP contribution in [0, 0.1) is 5.92 Å². The maximum atomic E-state index is 5.57. The standard InChI is InChI=1S/C8H17O.O.2Sn.5H/c1-3-5-6-8(4-2)7-9;;;;;;;;/h8H,3-7H2,1-2H3;;;;;;;;/q-1;;;+1;;;;;. The van der Waals surface area contributed by atoms with Crippen molar-refractivity contribution in [3.8, 4) is 0 Å². The molecule has 0 aromatic heterocycles. The summed E-state index contributed by atoms with van der Waals surface area (Å²) in [6.45, 7) is 5.48. The summed E-state index contributed by atoms with van der Waals surface area (Å²) in [4.78, 5) is 0. The van der Waals surface area contributed by atoms with E-state index in [4.69, 9.17) is 4.49 Å². The Bertz CT molecular complexity index is 91.1. The van der Waals surface area contributed by atoms with Crippen LogP contribution in [0.4, 0.5) is 0 Å². The number of unbranched alkanes of at least 4 members (excludes halogenated alkanes) is 1. The molecule has 4 heteroatoms. The van der Waals surface area contributed by atoms with Gasteiger partial charge in [-0.15, -0.1) is 0 Å². The molecule has 0 saturated carbocycles. The molecule has 74 valence electrons. The van der Waals surface area contributed by atoms with Crippen LogP contribution in [0.3, 0.4) is 0 Å². The van der Waals surface area contributed by atoms with E-state index in [0.717, 1.165) is 12.5 Å². The normalized spacial score (nSPS) is 14.5. The van der Waals surface area contributed by atoms with E-state index in [9.17, 15) is 0 Å². The first-order chi connectivity index (χ1) is 5.85. The van der Waals surface area contributed by atoms with Crippen LogP contribution in [0.2, 0.25) is 0 Å². The molecule has 0 spiro atoms. The summed E-state index contributed by atoms with van der Waals surface area (Å²) >= 11 is -0.696. The second-order valence-electron chi connectivity index (χ2n) is 3.19. The van der Waals surface area contributed by atoms with Gasteiger partial charge in [-0.3, -0.25) is 0 Å². The molecule has 0 radical (unpaired) electrons. The Labute approximate surface area is 101 Å². The van der Waals surface area contributed by atoms with Gasteiger partial charge in [0.2, 0.25) is 0 Å². The van der Waals surface area contributed by atoms with Gasteiger partial charge in [0, 0.05) is 0 Å². The first-order valence-electron chi connectivity index (χ1n) is 4.91. The Hall–Kier alpha value is 1.52. The van der Waals surface area contributed by atoms with Crippen molar-refractivity contribution in [1.82, 2.24) is 0 Å². The zero-order valence-corrected chi connectivity index (χ0v) is 18.4. The summed E-state index contributed by atoms with van der Waals surface area (Å²) in [6.07, 6.45) is 5.26. The van der Waals surface area contributed by atoms with Crippen LogP contribution in [0.5, 0.6) is 0 Å². The maximum absolute atomic E-state index is 5.57. The van der Waals surface area contributed by atoms with Crippen LogP contribution in [0.15, 0.2) is 0 Å². The molecular weight excluding hydrogens is 366 g/mol. The van der Waals surface area contributed by atoms with Gasteiger partial charge >= 0.3 is 101 Å². The summed E-state index contributed by atoms with van der Waals surface area (Å²) in [5.74, 6) is 0.798. The molecule has 0 amide bonds. The van der Waals surface area contributed by atoms with Crippen molar-refractivity contribution in [2.24, 2.45) is 5.92 Å². The van der Waals surface area contributed by atoms with Gasteiger partial charge in [0.15, 0.2) is 0 Å². The molecule has 0 aliphatic heterocycles. The average molecular weight is 388 g/mol. The predicted octanol–water partition coefficient (Wildman–Crippen LogP) is 0.515. The van der Waals surface area contributed by atoms with E-state index in [1.807, 2.05) is 0 Å². The van der Waals surface area contributed by atoms with Crippen molar-refractivity contribution in [3.63, 3.8) is 0 Å². The molecule has 0 fully saturated rings. The molecule has 0 rings (SSSR count). The SMILES string of the molecule is CCCCC(CC)C[O][SnH2][O][SnH3]. The predicted molar refractivity (Wildman–Crippen MR) is 58.8 cm³/mol. The Morgan fingerprint density at radius 2 is 2.17 bits per heavy atom. The number of rotatable bonds is 8. The van der Waals surface area contributed by atoms with Crippen LogP contribution in [0.1, 0.15) is 39.5 Å². The summed E-state index contributed by atoms with van der Waals surface area (Å²) in [6, 6.07) is 0. The van der Waals surface area contributed by atoms with Gasteiger partial charge in [-0.05, 0) is 0 Å². The fraction of sp³-hybridized carbons (Fsp3) is 1.00. The van der Waals surface area contributed by atoms with Crippen molar-refractivity contribution < 1.29 is 4.49 Å². The molecule has 12 heavy (non-hydrogen) atoms. The Balaban J connectivity index is 3.26. The van der Waals surface area contributed by atoms with Crippen molar-refractivity contribution in [1.29, 1.82) is 0 Å². The summed E-state index contributed by atoms with van der Waals surface area (Å²) in [7, 11) is 0. The summed E-state index contributed by atoms with van der Waals surface area (Å²) < 4.78 is 10.8. The van der Waals surface area contributed by atoms with Crippen LogP contribution >= 0.6 is 0 Å². The molecule has 0 bridgehead atoms. The van der Waals surface area contributed by atoms with E-state index in [2.05, 4.69) is 13.8 Å². The second-order valence-corrected chi connectivity index (χ2v) is 17.7. The molecule has 0 heterocycles. The monoisotopic (exact) mass is 390 g/mol. The quantitative estimate of drug-likeness (QED) is 0.446. The summed E-state index contributed by atoms with van der Waals surface area (Å²) in [5.41, 5.74) is 0. The third-order valence-electron chi connectivity index (χ3n) is 2.10. The Kier molecular flexibility index (Phi) is 11.9. The molecular formula is C8H22O2Sn2. The van der Waals surface area contributed by atoms with E-state index >= 15 is 0 Å². The second kappa shape index (κ2) is 10.6. The molecule has 2 nitrogen and oxygen atoms in total. The summed E-state index contributed by atoms with van der Waals surface area (Å²) in [5, 5.41) is 0. The average Bonchev–Trinajstić information content (AvgIpc) is 2.11. The van der Waals surface area contributed by atoms with Gasteiger partial charge in [-0.25, -0.2) is 0 Å². The molecule has 1 unspecified atom stereocenters. The molecule has 0 saturated heterocycles. The molecule has 0 aromatic rings. The van der Waals surface area contributed by atoms with Gasteiger partial charge in [-0.1, -0.05) is 0 Å². The van der Waals surface area contributed by atoms with E-state index in [1.54, 1.807) is 0 Å².